The molecule has 27 heavy (non-hydrogen) atoms. The van der Waals surface area contributed by atoms with Gasteiger partial charge in [0.2, 0.25) is 5.95 Å². The fourth-order valence-electron chi connectivity index (χ4n) is 3.36. The van der Waals surface area contributed by atoms with Crippen molar-refractivity contribution in [2.45, 2.75) is 24.7 Å². The lowest BCUT2D eigenvalue weighted by molar-refractivity contribution is 0.266. The number of pyridine rings is 1. The highest BCUT2D eigenvalue weighted by molar-refractivity contribution is 5.61. The van der Waals surface area contributed by atoms with Gasteiger partial charge in [0.1, 0.15) is 0 Å². The number of hydrogen-bond donors (Lipinski definition) is 2. The number of nitrogens with two attached hydrogens (primary N) is 1. The third-order valence-electron chi connectivity index (χ3n) is 5.07. The molecule has 0 bridgehead atoms. The van der Waals surface area contributed by atoms with Crippen molar-refractivity contribution >= 4 is 5.95 Å². The van der Waals surface area contributed by atoms with E-state index in [1.165, 1.54) is 0 Å². The molecule has 4 aromatic heterocycles. The first-order valence-electron chi connectivity index (χ1n) is 8.62. The Kier molecular flexibility index (Phi) is 3.46. The summed E-state index contributed by atoms with van der Waals surface area (Å²) in [5.74, 6) is 1.38. The van der Waals surface area contributed by atoms with E-state index in [0.29, 0.717) is 11.7 Å². The second-order valence-electron chi connectivity index (χ2n) is 6.61. The van der Waals surface area contributed by atoms with Crippen LogP contribution < -0.4 is 5.73 Å². The van der Waals surface area contributed by atoms with Gasteiger partial charge in [-0.25, -0.2) is 9.97 Å². The molecule has 1 fully saturated rings. The number of rotatable bonds is 4. The zero-order valence-electron chi connectivity index (χ0n) is 14.3. The molecule has 0 saturated heterocycles. The predicted molar refractivity (Wildman–Crippen MR) is 96.2 cm³/mol. The topological polar surface area (TPSA) is 132 Å². The summed E-state index contributed by atoms with van der Waals surface area (Å²) in [7, 11) is 0. The van der Waals surface area contributed by atoms with E-state index in [1.54, 1.807) is 24.8 Å². The highest BCUT2D eigenvalue weighted by atomic mass is 16.5. The van der Waals surface area contributed by atoms with Crippen molar-refractivity contribution in [3.63, 3.8) is 0 Å². The quantitative estimate of drug-likeness (QED) is 0.567. The second-order valence-corrected chi connectivity index (χ2v) is 6.61. The van der Waals surface area contributed by atoms with E-state index in [-0.39, 0.29) is 11.4 Å². The molecule has 4 heterocycles. The number of nitrogens with zero attached hydrogens (tertiary/aromatic N) is 6. The lowest BCUT2D eigenvalue weighted by atomic mass is 9.65. The molecule has 9 heteroatoms. The highest BCUT2D eigenvalue weighted by Crippen LogP contribution is 2.47. The van der Waals surface area contributed by atoms with Crippen LogP contribution in [0.1, 0.15) is 30.8 Å². The Hall–Kier alpha value is -3.62. The summed E-state index contributed by atoms with van der Waals surface area (Å²) in [5.41, 5.74) is 8.75. The standard InChI is InChI=1S/C18H16N8O/c19-17-21-7-12(8-22-17)11-2-3-14(20-6-11)18(4-1-5-18)16-25-15(27-26-16)13-9-23-24-10-13/h2-3,6-10H,1,4-5H2,(H,23,24)(H2,19,21,22). The van der Waals surface area contributed by atoms with Gasteiger partial charge >= 0.3 is 0 Å². The molecular formula is C18H16N8O. The van der Waals surface area contributed by atoms with Crippen LogP contribution in [0.3, 0.4) is 0 Å². The van der Waals surface area contributed by atoms with Crippen LogP contribution in [0.2, 0.25) is 0 Å². The molecule has 9 nitrogen and oxygen atoms in total. The lowest BCUT2D eigenvalue weighted by Gasteiger charge is -2.38. The SMILES string of the molecule is Nc1ncc(-c2ccc(C3(c4noc(-c5cn[nH]c5)n4)CCC3)nc2)cn1. The molecule has 0 atom stereocenters. The molecule has 0 unspecified atom stereocenters. The monoisotopic (exact) mass is 360 g/mol. The Balaban J connectivity index is 1.47. The van der Waals surface area contributed by atoms with Crippen LogP contribution in [-0.2, 0) is 5.41 Å². The van der Waals surface area contributed by atoms with Crippen molar-refractivity contribution in [2.75, 3.05) is 5.73 Å². The first-order chi connectivity index (χ1) is 13.2. The predicted octanol–water partition coefficient (Wildman–Crippen LogP) is 2.36. The minimum absolute atomic E-state index is 0.252. The largest absolute Gasteiger partial charge is 0.368 e. The highest BCUT2D eigenvalue weighted by Gasteiger charge is 2.45. The van der Waals surface area contributed by atoms with Crippen LogP contribution in [0.5, 0.6) is 0 Å². The van der Waals surface area contributed by atoms with Gasteiger partial charge in [0.05, 0.1) is 22.9 Å². The summed E-state index contributed by atoms with van der Waals surface area (Å²) in [6.07, 6.45) is 11.6. The summed E-state index contributed by atoms with van der Waals surface area (Å²) in [4.78, 5) is 17.4. The van der Waals surface area contributed by atoms with Gasteiger partial charge in [0.25, 0.3) is 5.89 Å². The number of anilines is 1. The first-order valence-corrected chi connectivity index (χ1v) is 8.62. The van der Waals surface area contributed by atoms with Crippen molar-refractivity contribution < 1.29 is 4.52 Å². The Morgan fingerprint density at radius 2 is 1.78 bits per heavy atom. The van der Waals surface area contributed by atoms with E-state index in [2.05, 4.69) is 30.3 Å². The molecule has 1 aliphatic carbocycles. The van der Waals surface area contributed by atoms with Crippen LogP contribution in [0, 0.1) is 0 Å². The Labute approximate surface area is 154 Å². The Morgan fingerprint density at radius 3 is 2.41 bits per heavy atom. The van der Waals surface area contributed by atoms with Gasteiger partial charge in [-0.3, -0.25) is 10.1 Å². The molecule has 4 aromatic rings. The van der Waals surface area contributed by atoms with Gasteiger partial charge in [-0.15, -0.1) is 0 Å². The van der Waals surface area contributed by atoms with E-state index < -0.39 is 0 Å². The van der Waals surface area contributed by atoms with E-state index in [9.17, 15) is 0 Å². The second kappa shape index (κ2) is 5.97. The van der Waals surface area contributed by atoms with Crippen molar-refractivity contribution in [3.05, 3.63) is 54.6 Å². The third kappa shape index (κ3) is 2.55. The molecule has 1 saturated carbocycles. The van der Waals surface area contributed by atoms with Crippen LogP contribution in [0.15, 0.2) is 47.6 Å². The van der Waals surface area contributed by atoms with Gasteiger partial charge in [-0.05, 0) is 18.9 Å². The Bertz CT molecular complexity index is 1050. The molecule has 0 spiro atoms. The maximum atomic E-state index is 5.55. The molecule has 1 aliphatic rings. The average Bonchev–Trinajstić information content (AvgIpc) is 3.34. The molecule has 3 N–H and O–H groups in total. The molecule has 5 rings (SSSR count). The summed E-state index contributed by atoms with van der Waals surface area (Å²) in [6.45, 7) is 0. The van der Waals surface area contributed by atoms with E-state index in [1.807, 2.05) is 18.3 Å². The smallest absolute Gasteiger partial charge is 0.261 e. The fourth-order valence-corrected chi connectivity index (χ4v) is 3.36. The number of aromatic nitrogens is 7. The van der Waals surface area contributed by atoms with Crippen molar-refractivity contribution in [1.82, 2.24) is 35.3 Å². The summed E-state index contributed by atoms with van der Waals surface area (Å²) < 4.78 is 5.44. The van der Waals surface area contributed by atoms with Crippen molar-refractivity contribution in [2.24, 2.45) is 0 Å². The van der Waals surface area contributed by atoms with Crippen molar-refractivity contribution in [1.29, 1.82) is 0 Å². The summed E-state index contributed by atoms with van der Waals surface area (Å²) in [6, 6.07) is 4.02. The number of H-pyrrole nitrogens is 1. The molecule has 134 valence electrons. The number of aromatic amines is 1. The summed E-state index contributed by atoms with van der Waals surface area (Å²) >= 11 is 0. The van der Waals surface area contributed by atoms with Crippen LogP contribution in [-0.4, -0.2) is 35.3 Å². The number of hydrogen-bond acceptors (Lipinski definition) is 8. The fraction of sp³-hybridized carbons (Fsp3) is 0.222. The van der Waals surface area contributed by atoms with Crippen molar-refractivity contribution in [3.8, 4) is 22.6 Å². The number of nitrogens with one attached hydrogen (secondary N) is 1. The normalized spacial score (nSPS) is 15.4. The zero-order chi connectivity index (χ0) is 18.3. The van der Waals surface area contributed by atoms with E-state index >= 15 is 0 Å². The maximum absolute atomic E-state index is 5.55. The van der Waals surface area contributed by atoms with Crippen LogP contribution in [0.4, 0.5) is 5.95 Å². The minimum atomic E-state index is -0.304. The maximum Gasteiger partial charge on any atom is 0.261 e. The molecule has 0 amide bonds. The van der Waals surface area contributed by atoms with Gasteiger partial charge in [0, 0.05) is 35.9 Å². The summed E-state index contributed by atoms with van der Waals surface area (Å²) in [5, 5.41) is 10.9. The van der Waals surface area contributed by atoms with E-state index in [4.69, 9.17) is 15.2 Å². The Morgan fingerprint density at radius 1 is 0.963 bits per heavy atom. The average molecular weight is 360 g/mol. The van der Waals surface area contributed by atoms with Gasteiger partial charge in [0.15, 0.2) is 5.82 Å². The molecular weight excluding hydrogens is 344 g/mol. The van der Waals surface area contributed by atoms with Gasteiger partial charge in [-0.1, -0.05) is 17.6 Å². The van der Waals surface area contributed by atoms with E-state index in [0.717, 1.165) is 41.6 Å². The lowest BCUT2D eigenvalue weighted by Crippen LogP contribution is -2.37. The van der Waals surface area contributed by atoms with Gasteiger partial charge in [-0.2, -0.15) is 10.1 Å². The first kappa shape index (κ1) is 15.6. The van der Waals surface area contributed by atoms with Crippen LogP contribution >= 0.6 is 0 Å². The molecule has 0 radical (unpaired) electrons. The number of nitrogen functional groups attached to an aromatic ring is 1. The molecule has 0 aromatic carbocycles. The van der Waals surface area contributed by atoms with Gasteiger partial charge < -0.3 is 10.3 Å². The zero-order valence-corrected chi connectivity index (χ0v) is 14.3. The minimum Gasteiger partial charge on any atom is -0.368 e. The van der Waals surface area contributed by atoms with Crippen LogP contribution in [0.25, 0.3) is 22.6 Å². The third-order valence-corrected chi connectivity index (χ3v) is 5.07. The molecule has 0 aliphatic heterocycles.